The number of hydrogen-bond donors (Lipinski definition) is 1. The van der Waals surface area contributed by atoms with Crippen molar-refractivity contribution in [1.29, 1.82) is 0 Å². The molecule has 2 atom stereocenters. The molecule has 2 nitrogen and oxygen atoms in total. The first kappa shape index (κ1) is 4.77. The largest absolute Gasteiger partial charge is 0.369 e. The Balaban J connectivity index is 2.03. The smallest absolute Gasteiger partial charge is 0.110 e. The molecule has 2 aliphatic heterocycles. The van der Waals surface area contributed by atoms with E-state index in [1.165, 1.54) is 12.8 Å². The minimum absolute atomic E-state index is 0.814. The van der Waals surface area contributed by atoms with E-state index in [9.17, 15) is 0 Å². The molecule has 2 N–H and O–H groups in total. The summed E-state index contributed by atoms with van der Waals surface area (Å²) in [5, 5.41) is 2.46. The fourth-order valence-electron chi connectivity index (χ4n) is 1.65. The summed E-state index contributed by atoms with van der Waals surface area (Å²) in [5.74, 6) is 0. The van der Waals surface area contributed by atoms with E-state index < -0.39 is 0 Å². The van der Waals surface area contributed by atoms with Crippen LogP contribution >= 0.6 is 0 Å². The van der Waals surface area contributed by atoms with Gasteiger partial charge in [-0.25, -0.2) is 0 Å². The molecule has 2 aliphatic rings. The first-order valence-electron chi connectivity index (χ1n) is 3.38. The fourth-order valence-corrected chi connectivity index (χ4v) is 1.65. The third-order valence-electron chi connectivity index (χ3n) is 2.12. The molecule has 2 rings (SSSR count). The van der Waals surface area contributed by atoms with Gasteiger partial charge in [0.15, 0.2) is 0 Å². The Morgan fingerprint density at radius 2 is 1.75 bits per heavy atom. The number of quaternary nitrogens is 1. The van der Waals surface area contributed by atoms with Crippen molar-refractivity contribution in [2.24, 2.45) is 0 Å². The van der Waals surface area contributed by atoms with Gasteiger partial charge in [0.05, 0.1) is 13.2 Å². The fraction of sp³-hybridized carbons (Fsp3) is 1.00. The second-order valence-electron chi connectivity index (χ2n) is 2.83. The summed E-state index contributed by atoms with van der Waals surface area (Å²) < 4.78 is 5.33. The van der Waals surface area contributed by atoms with Crippen LogP contribution in [0, 0.1) is 0 Å². The molecule has 0 aromatic rings. The number of rotatable bonds is 0. The lowest BCUT2D eigenvalue weighted by atomic mass is 10.2. The molecule has 0 aromatic heterocycles. The van der Waals surface area contributed by atoms with E-state index in [0.717, 1.165) is 25.3 Å². The molecule has 0 unspecified atom stereocenters. The second-order valence-corrected chi connectivity index (χ2v) is 2.83. The molecule has 0 radical (unpaired) electrons. The number of ether oxygens (including phenoxy) is 1. The first-order chi connectivity index (χ1) is 3.95. The van der Waals surface area contributed by atoms with Crippen molar-refractivity contribution in [2.75, 3.05) is 13.2 Å². The predicted molar refractivity (Wildman–Crippen MR) is 29.6 cm³/mol. The number of nitrogens with two attached hydrogens (primary N) is 1. The normalized spacial score (nSPS) is 45.0. The third kappa shape index (κ3) is 0.644. The Morgan fingerprint density at radius 1 is 1.12 bits per heavy atom. The molecule has 0 aliphatic carbocycles. The molecule has 0 amide bonds. The Morgan fingerprint density at radius 3 is 2.25 bits per heavy atom. The summed E-state index contributed by atoms with van der Waals surface area (Å²) in [6.07, 6.45) is 2.76. The number of hydrogen-bond acceptors (Lipinski definition) is 1. The van der Waals surface area contributed by atoms with Crippen molar-refractivity contribution >= 4 is 0 Å². The maximum absolute atomic E-state index is 5.33. The zero-order valence-electron chi connectivity index (χ0n) is 4.97. The molecular weight excluding hydrogens is 102 g/mol. The van der Waals surface area contributed by atoms with Crippen molar-refractivity contribution in [1.82, 2.24) is 0 Å². The van der Waals surface area contributed by atoms with Gasteiger partial charge in [-0.3, -0.25) is 0 Å². The zero-order valence-corrected chi connectivity index (χ0v) is 4.97. The summed E-state index contributed by atoms with van der Waals surface area (Å²) in [4.78, 5) is 0. The SMILES string of the molecule is C1C[C@H]2COC[C@@H]1[NH2+]2. The molecule has 2 heterocycles. The van der Waals surface area contributed by atoms with E-state index in [4.69, 9.17) is 4.74 Å². The molecular formula is C6H12NO+. The standard InChI is InChI=1S/C6H11NO/c1-2-6-4-8-3-5(1)7-6/h5-7H,1-4H2/p+1/t5-,6+. The Kier molecular flexibility index (Phi) is 1.02. The van der Waals surface area contributed by atoms with Crippen LogP contribution in [0.2, 0.25) is 0 Å². The average molecular weight is 114 g/mol. The highest BCUT2D eigenvalue weighted by molar-refractivity contribution is 4.71. The highest BCUT2D eigenvalue weighted by Crippen LogP contribution is 2.09. The molecule has 0 saturated carbocycles. The van der Waals surface area contributed by atoms with Crippen molar-refractivity contribution in [3.8, 4) is 0 Å². The van der Waals surface area contributed by atoms with Gasteiger partial charge in [0.25, 0.3) is 0 Å². The Labute approximate surface area is 49.2 Å². The molecule has 2 fully saturated rings. The van der Waals surface area contributed by atoms with Gasteiger partial charge in [-0.05, 0) is 0 Å². The number of morpholine rings is 1. The quantitative estimate of drug-likeness (QED) is 0.434. The van der Waals surface area contributed by atoms with Crippen LogP contribution in [0.4, 0.5) is 0 Å². The van der Waals surface area contributed by atoms with Gasteiger partial charge in [0.2, 0.25) is 0 Å². The average Bonchev–Trinajstić information content (AvgIpc) is 2.12. The third-order valence-corrected chi connectivity index (χ3v) is 2.12. The highest BCUT2D eigenvalue weighted by Gasteiger charge is 2.32. The predicted octanol–water partition coefficient (Wildman–Crippen LogP) is -0.889. The van der Waals surface area contributed by atoms with Crippen LogP contribution in [0.3, 0.4) is 0 Å². The van der Waals surface area contributed by atoms with Crippen molar-refractivity contribution in [3.05, 3.63) is 0 Å². The number of fused-ring (bicyclic) bond motifs is 2. The van der Waals surface area contributed by atoms with Crippen LogP contribution in [0.1, 0.15) is 12.8 Å². The van der Waals surface area contributed by atoms with Gasteiger partial charge in [-0.15, -0.1) is 0 Å². The van der Waals surface area contributed by atoms with Crippen molar-refractivity contribution in [3.63, 3.8) is 0 Å². The van der Waals surface area contributed by atoms with Crippen LogP contribution < -0.4 is 5.32 Å². The summed E-state index contributed by atoms with van der Waals surface area (Å²) >= 11 is 0. The minimum atomic E-state index is 0.814. The van der Waals surface area contributed by atoms with Gasteiger partial charge < -0.3 is 10.1 Å². The van der Waals surface area contributed by atoms with E-state index in [1.54, 1.807) is 0 Å². The van der Waals surface area contributed by atoms with Crippen molar-refractivity contribution in [2.45, 2.75) is 24.9 Å². The van der Waals surface area contributed by atoms with E-state index in [1.807, 2.05) is 0 Å². The lowest BCUT2D eigenvalue weighted by molar-refractivity contribution is -0.717. The highest BCUT2D eigenvalue weighted by atomic mass is 16.5. The maximum atomic E-state index is 5.33. The van der Waals surface area contributed by atoms with Crippen molar-refractivity contribution < 1.29 is 10.1 Å². The molecule has 2 heteroatoms. The second kappa shape index (κ2) is 1.71. The van der Waals surface area contributed by atoms with Gasteiger partial charge in [-0.2, -0.15) is 0 Å². The topological polar surface area (TPSA) is 25.8 Å². The lowest BCUT2D eigenvalue weighted by Crippen LogP contribution is -2.95. The van der Waals surface area contributed by atoms with Gasteiger partial charge >= 0.3 is 0 Å². The minimum Gasteiger partial charge on any atom is -0.369 e. The summed E-state index contributed by atoms with van der Waals surface area (Å²) in [6.45, 7) is 1.99. The van der Waals surface area contributed by atoms with E-state index >= 15 is 0 Å². The summed E-state index contributed by atoms with van der Waals surface area (Å²) in [6, 6.07) is 1.63. The van der Waals surface area contributed by atoms with Crippen LogP contribution in [0.5, 0.6) is 0 Å². The first-order valence-corrected chi connectivity index (χ1v) is 3.38. The van der Waals surface area contributed by atoms with Crippen LogP contribution in [0.15, 0.2) is 0 Å². The molecule has 0 aromatic carbocycles. The lowest BCUT2D eigenvalue weighted by Gasteiger charge is -2.17. The summed E-state index contributed by atoms with van der Waals surface area (Å²) in [7, 11) is 0. The van der Waals surface area contributed by atoms with E-state index in [0.29, 0.717) is 0 Å². The van der Waals surface area contributed by atoms with Gasteiger partial charge in [0.1, 0.15) is 12.1 Å². The molecule has 0 spiro atoms. The zero-order chi connectivity index (χ0) is 5.40. The van der Waals surface area contributed by atoms with Crippen LogP contribution in [-0.2, 0) is 4.74 Å². The molecule has 8 heavy (non-hydrogen) atoms. The van der Waals surface area contributed by atoms with Crippen LogP contribution in [-0.4, -0.2) is 25.3 Å². The Hall–Kier alpha value is -0.0800. The maximum Gasteiger partial charge on any atom is 0.110 e. The molecule has 2 saturated heterocycles. The van der Waals surface area contributed by atoms with E-state index in [2.05, 4.69) is 5.32 Å². The van der Waals surface area contributed by atoms with E-state index in [-0.39, 0.29) is 0 Å². The summed E-state index contributed by atoms with van der Waals surface area (Å²) in [5.41, 5.74) is 0. The Bertz CT molecular complexity index is 80.5. The monoisotopic (exact) mass is 114 g/mol. The van der Waals surface area contributed by atoms with Crippen LogP contribution in [0.25, 0.3) is 0 Å². The molecule has 46 valence electrons. The van der Waals surface area contributed by atoms with Gasteiger partial charge in [-0.1, -0.05) is 0 Å². The van der Waals surface area contributed by atoms with Gasteiger partial charge in [0, 0.05) is 12.8 Å². The molecule has 2 bridgehead atoms.